The van der Waals surface area contributed by atoms with Crippen LogP contribution in [0.25, 0.3) is 78.0 Å². The molecule has 49 heavy (non-hydrogen) atoms. The van der Waals surface area contributed by atoms with Crippen molar-refractivity contribution < 1.29 is 30.2 Å². The first-order valence-corrected chi connectivity index (χ1v) is 16.4. The van der Waals surface area contributed by atoms with Crippen LogP contribution in [-0.4, -0.2) is 28.9 Å². The zero-order chi connectivity index (χ0) is 33.8. The minimum Gasteiger partial charge on any atom is -0.456 e. The smallest absolute Gasteiger partial charge is 0.456 e. The van der Waals surface area contributed by atoms with Gasteiger partial charge in [0.15, 0.2) is 23.2 Å². The van der Waals surface area contributed by atoms with Gasteiger partial charge in [-0.3, -0.25) is 0 Å². The Bertz CT molecular complexity index is 2640. The zero-order valence-corrected chi connectivity index (χ0v) is 26.0. The lowest BCUT2D eigenvalue weighted by Crippen LogP contribution is -2.28. The van der Waals surface area contributed by atoms with Crippen LogP contribution in [0, 0.1) is 0 Å². The minimum absolute atomic E-state index is 0.192. The molecule has 0 atom stereocenters. The molecule has 0 radical (unpaired) electrons. The molecule has 0 fully saturated rings. The molecule has 0 saturated carbocycles. The first-order valence-electron chi connectivity index (χ1n) is 15.0. The van der Waals surface area contributed by atoms with Crippen molar-refractivity contribution in [3.63, 3.8) is 0 Å². The van der Waals surface area contributed by atoms with E-state index in [2.05, 4.69) is 4.18 Å². The minimum atomic E-state index is -5.92. The summed E-state index contributed by atoms with van der Waals surface area (Å²) in [7, 11) is -5.92. The van der Waals surface area contributed by atoms with Crippen molar-refractivity contribution in [1.82, 2.24) is 15.0 Å². The average molecular weight is 674 g/mol. The van der Waals surface area contributed by atoms with E-state index < -0.39 is 21.4 Å². The number of nitrogens with zero attached hydrogens (tertiary/aromatic N) is 3. The summed E-state index contributed by atoms with van der Waals surface area (Å²) in [6.07, 6.45) is 0. The van der Waals surface area contributed by atoms with E-state index in [1.165, 1.54) is 12.1 Å². The van der Waals surface area contributed by atoms with Gasteiger partial charge in [0, 0.05) is 33.0 Å². The molecule has 0 aliphatic heterocycles. The summed E-state index contributed by atoms with van der Waals surface area (Å²) in [6.45, 7) is 0. The molecule has 8 rings (SSSR count). The Hall–Kier alpha value is -6.07. The SMILES string of the molecule is O=S(=O)(Oc1ccc2ccccc2c1-c1ccc(-c2nc(-c3ccccc3)nc(-c3cccc4oc5ccccc5c34)n2)cc1)C(F)(F)F. The lowest BCUT2D eigenvalue weighted by Gasteiger charge is -2.16. The van der Waals surface area contributed by atoms with Crippen LogP contribution in [0.4, 0.5) is 13.2 Å². The lowest BCUT2D eigenvalue weighted by atomic mass is 9.96. The second kappa shape index (κ2) is 11.6. The normalized spacial score (nSPS) is 12.1. The number of hydrogen-bond donors (Lipinski definition) is 0. The van der Waals surface area contributed by atoms with Gasteiger partial charge in [0.2, 0.25) is 0 Å². The highest BCUT2D eigenvalue weighted by Crippen LogP contribution is 2.41. The van der Waals surface area contributed by atoms with Crippen LogP contribution in [0.2, 0.25) is 0 Å². The van der Waals surface area contributed by atoms with E-state index in [9.17, 15) is 21.6 Å². The molecule has 240 valence electrons. The number of para-hydroxylation sites is 1. The monoisotopic (exact) mass is 673 g/mol. The van der Waals surface area contributed by atoms with Gasteiger partial charge in [-0.15, -0.1) is 0 Å². The molecule has 7 nitrogen and oxygen atoms in total. The Kier molecular flexibility index (Phi) is 7.15. The molecule has 0 unspecified atom stereocenters. The predicted molar refractivity (Wildman–Crippen MR) is 182 cm³/mol. The van der Waals surface area contributed by atoms with Gasteiger partial charge in [-0.05, 0) is 34.5 Å². The van der Waals surface area contributed by atoms with Crippen LogP contribution in [0.1, 0.15) is 0 Å². The fraction of sp³-hybridized carbons (Fsp3) is 0.0263. The molecular weight excluding hydrogens is 651 g/mol. The van der Waals surface area contributed by atoms with Crippen molar-refractivity contribution in [2.24, 2.45) is 0 Å². The Morgan fingerprint density at radius 3 is 1.88 bits per heavy atom. The molecule has 2 aromatic heterocycles. The molecule has 0 N–H and O–H groups in total. The van der Waals surface area contributed by atoms with Crippen LogP contribution < -0.4 is 4.18 Å². The molecule has 0 aliphatic rings. The number of benzene rings is 6. The van der Waals surface area contributed by atoms with Gasteiger partial charge < -0.3 is 8.60 Å². The van der Waals surface area contributed by atoms with Crippen molar-refractivity contribution in [2.75, 3.05) is 0 Å². The van der Waals surface area contributed by atoms with Crippen LogP contribution >= 0.6 is 0 Å². The van der Waals surface area contributed by atoms with Crippen molar-refractivity contribution in [1.29, 1.82) is 0 Å². The molecule has 0 saturated heterocycles. The van der Waals surface area contributed by atoms with E-state index in [4.69, 9.17) is 19.4 Å². The molecule has 11 heteroatoms. The van der Waals surface area contributed by atoms with Gasteiger partial charge in [-0.25, -0.2) is 15.0 Å². The molecule has 6 aromatic carbocycles. The number of furan rings is 1. The summed E-state index contributed by atoms with van der Waals surface area (Å²) in [5, 5.41) is 2.98. The summed E-state index contributed by atoms with van der Waals surface area (Å²) in [5.41, 5.74) is -1.43. The fourth-order valence-corrected chi connectivity index (χ4v) is 6.34. The average Bonchev–Trinajstić information content (AvgIpc) is 3.50. The standard InChI is InChI=1S/C38H22F3N3O4S/c39-38(40,41)49(45,46)48-32-22-21-23-9-4-5-12-27(23)33(32)24-17-19-26(20-18-24)36-42-35(25-10-2-1-3-11-25)43-37(44-36)29-14-8-16-31-34(29)28-13-6-7-15-30(28)47-31/h1-22H. The van der Waals surface area contributed by atoms with E-state index in [-0.39, 0.29) is 5.56 Å². The summed E-state index contributed by atoms with van der Waals surface area (Å²) < 4.78 is 74.8. The molecule has 0 aliphatic carbocycles. The highest BCUT2D eigenvalue weighted by atomic mass is 32.2. The fourth-order valence-electron chi connectivity index (χ4n) is 5.87. The maximum absolute atomic E-state index is 13.3. The van der Waals surface area contributed by atoms with Gasteiger partial charge in [0.1, 0.15) is 11.2 Å². The summed E-state index contributed by atoms with van der Waals surface area (Å²) in [6, 6.07) is 39.4. The Balaban J connectivity index is 1.28. The second-order valence-corrected chi connectivity index (χ2v) is 12.7. The van der Waals surface area contributed by atoms with E-state index in [0.29, 0.717) is 45.0 Å². The quantitative estimate of drug-likeness (QED) is 0.128. The number of aromatic nitrogens is 3. The molecule has 0 spiro atoms. The topological polar surface area (TPSA) is 95.2 Å². The van der Waals surface area contributed by atoms with E-state index in [1.54, 1.807) is 48.5 Å². The van der Waals surface area contributed by atoms with Crippen molar-refractivity contribution in [3.05, 3.63) is 133 Å². The van der Waals surface area contributed by atoms with E-state index in [0.717, 1.165) is 27.5 Å². The number of hydrogen-bond acceptors (Lipinski definition) is 7. The van der Waals surface area contributed by atoms with Gasteiger partial charge in [0.05, 0.1) is 0 Å². The number of rotatable bonds is 6. The van der Waals surface area contributed by atoms with Crippen LogP contribution in [0.15, 0.2) is 138 Å². The maximum Gasteiger partial charge on any atom is 0.534 e. The van der Waals surface area contributed by atoms with Gasteiger partial charge in [0.25, 0.3) is 0 Å². The highest BCUT2D eigenvalue weighted by Gasteiger charge is 2.49. The first kappa shape index (κ1) is 30.3. The Morgan fingerprint density at radius 1 is 0.551 bits per heavy atom. The van der Waals surface area contributed by atoms with E-state index in [1.807, 2.05) is 72.8 Å². The van der Waals surface area contributed by atoms with Crippen molar-refractivity contribution in [2.45, 2.75) is 5.51 Å². The van der Waals surface area contributed by atoms with Crippen molar-refractivity contribution >= 4 is 42.8 Å². The van der Waals surface area contributed by atoms with Gasteiger partial charge in [-0.2, -0.15) is 21.6 Å². The van der Waals surface area contributed by atoms with Gasteiger partial charge in [-0.1, -0.05) is 115 Å². The summed E-state index contributed by atoms with van der Waals surface area (Å²) in [5.74, 6) is 0.774. The summed E-state index contributed by atoms with van der Waals surface area (Å²) >= 11 is 0. The number of halogens is 3. The molecule has 0 amide bonds. The van der Waals surface area contributed by atoms with Crippen LogP contribution in [-0.2, 0) is 10.1 Å². The second-order valence-electron chi connectivity index (χ2n) is 11.2. The zero-order valence-electron chi connectivity index (χ0n) is 25.2. The van der Waals surface area contributed by atoms with Crippen molar-refractivity contribution in [3.8, 4) is 51.0 Å². The lowest BCUT2D eigenvalue weighted by molar-refractivity contribution is -0.0499. The number of alkyl halides is 3. The molecule has 0 bridgehead atoms. The molecular formula is C38H22F3N3O4S. The Labute approximate surface area is 277 Å². The third-order valence-electron chi connectivity index (χ3n) is 8.12. The third-order valence-corrected chi connectivity index (χ3v) is 9.08. The van der Waals surface area contributed by atoms with E-state index >= 15 is 0 Å². The van der Waals surface area contributed by atoms with Gasteiger partial charge >= 0.3 is 15.6 Å². The largest absolute Gasteiger partial charge is 0.534 e. The maximum atomic E-state index is 13.3. The molecule has 2 heterocycles. The predicted octanol–water partition coefficient (Wildman–Crippen LogP) is 9.82. The molecule has 8 aromatic rings. The third kappa shape index (κ3) is 5.43. The Morgan fingerprint density at radius 2 is 1.14 bits per heavy atom. The first-order chi connectivity index (χ1) is 23.7. The summed E-state index contributed by atoms with van der Waals surface area (Å²) in [4.78, 5) is 14.6. The van der Waals surface area contributed by atoms with Crippen LogP contribution in [0.3, 0.4) is 0 Å². The highest BCUT2D eigenvalue weighted by molar-refractivity contribution is 7.88. The van der Waals surface area contributed by atoms with Crippen LogP contribution in [0.5, 0.6) is 5.75 Å². The number of fused-ring (bicyclic) bond motifs is 4.